The molecule has 0 spiro atoms. The zero-order chi connectivity index (χ0) is 25.4. The van der Waals surface area contributed by atoms with Crippen LogP contribution < -0.4 is 10.0 Å². The number of hydrogen-bond donors (Lipinski definition) is 2. The summed E-state index contributed by atoms with van der Waals surface area (Å²) in [6, 6.07) is 15.0. The summed E-state index contributed by atoms with van der Waals surface area (Å²) in [6.07, 6.45) is -4.15. The number of rotatable bonds is 6. The van der Waals surface area contributed by atoms with Crippen LogP contribution in [0.15, 0.2) is 65.6 Å². The summed E-state index contributed by atoms with van der Waals surface area (Å²) in [5, 5.41) is 3.11. The first kappa shape index (κ1) is 24.5. The quantitative estimate of drug-likeness (QED) is 0.321. The Balaban J connectivity index is 1.87. The molecule has 0 aliphatic rings. The molecule has 0 saturated heterocycles. The monoisotopic (exact) mass is 500 g/mol. The maximum Gasteiger partial charge on any atom is 0.417 e. The van der Waals surface area contributed by atoms with Gasteiger partial charge in [0, 0.05) is 5.69 Å². The SMILES string of the molecule is CCc1ccccc1Nc1nc2cc(C)c(C)cc2nc1NS(=O)(=O)c1ccccc1C(F)(F)F. The second kappa shape index (κ2) is 9.18. The molecule has 0 amide bonds. The van der Waals surface area contributed by atoms with Crippen LogP contribution in [0, 0.1) is 13.8 Å². The molecule has 2 N–H and O–H groups in total. The van der Waals surface area contributed by atoms with Gasteiger partial charge in [-0.3, -0.25) is 4.72 Å². The highest BCUT2D eigenvalue weighted by Gasteiger charge is 2.37. The maximum atomic E-state index is 13.5. The van der Waals surface area contributed by atoms with Crippen molar-refractivity contribution in [3.8, 4) is 0 Å². The third-order valence-corrected chi connectivity index (χ3v) is 7.04. The van der Waals surface area contributed by atoms with Crippen molar-refractivity contribution in [2.24, 2.45) is 0 Å². The molecule has 1 aromatic heterocycles. The average molecular weight is 501 g/mol. The Morgan fingerprint density at radius 2 is 1.43 bits per heavy atom. The predicted octanol–water partition coefficient (Wildman–Crippen LogP) is 6.37. The molecular weight excluding hydrogens is 477 g/mol. The molecule has 3 aromatic carbocycles. The summed E-state index contributed by atoms with van der Waals surface area (Å²) in [6.45, 7) is 5.76. The zero-order valence-electron chi connectivity index (χ0n) is 19.2. The Morgan fingerprint density at radius 1 is 0.857 bits per heavy atom. The van der Waals surface area contributed by atoms with Gasteiger partial charge in [0.25, 0.3) is 10.0 Å². The minimum absolute atomic E-state index is 0.0784. The van der Waals surface area contributed by atoms with Gasteiger partial charge in [-0.2, -0.15) is 13.2 Å². The number of anilines is 3. The van der Waals surface area contributed by atoms with E-state index in [4.69, 9.17) is 0 Å². The van der Waals surface area contributed by atoms with Crippen LogP contribution in [0.5, 0.6) is 0 Å². The summed E-state index contributed by atoms with van der Waals surface area (Å²) in [5.74, 6) is -0.127. The second-order valence-corrected chi connectivity index (χ2v) is 9.73. The lowest BCUT2D eigenvalue weighted by molar-refractivity contribution is -0.139. The van der Waals surface area contributed by atoms with Gasteiger partial charge in [-0.1, -0.05) is 37.3 Å². The number of hydrogen-bond acceptors (Lipinski definition) is 5. The average Bonchev–Trinajstić information content (AvgIpc) is 2.80. The lowest BCUT2D eigenvalue weighted by atomic mass is 10.1. The highest BCUT2D eigenvalue weighted by atomic mass is 32.2. The summed E-state index contributed by atoms with van der Waals surface area (Å²) < 4.78 is 69.1. The molecule has 0 unspecified atom stereocenters. The van der Waals surface area contributed by atoms with Crippen molar-refractivity contribution < 1.29 is 21.6 Å². The number of alkyl halides is 3. The first-order valence-electron chi connectivity index (χ1n) is 10.8. The number of sulfonamides is 1. The molecule has 0 aliphatic heterocycles. The number of aryl methyl sites for hydroxylation is 3. The van der Waals surface area contributed by atoms with Crippen molar-refractivity contribution in [3.63, 3.8) is 0 Å². The number of fused-ring (bicyclic) bond motifs is 1. The van der Waals surface area contributed by atoms with E-state index in [9.17, 15) is 21.6 Å². The number of aromatic nitrogens is 2. The van der Waals surface area contributed by atoms with Gasteiger partial charge in [-0.25, -0.2) is 18.4 Å². The predicted molar refractivity (Wildman–Crippen MR) is 130 cm³/mol. The minimum Gasteiger partial charge on any atom is -0.337 e. The molecule has 1 heterocycles. The van der Waals surface area contributed by atoms with Crippen LogP contribution in [0.25, 0.3) is 11.0 Å². The van der Waals surface area contributed by atoms with Crippen LogP contribution in [0.2, 0.25) is 0 Å². The van der Waals surface area contributed by atoms with Crippen molar-refractivity contribution in [2.45, 2.75) is 38.3 Å². The Hall–Kier alpha value is -3.66. The van der Waals surface area contributed by atoms with Crippen LogP contribution >= 0.6 is 0 Å². The molecule has 10 heteroatoms. The van der Waals surface area contributed by atoms with Crippen molar-refractivity contribution in [1.29, 1.82) is 0 Å². The van der Waals surface area contributed by atoms with Crippen LogP contribution in [-0.4, -0.2) is 18.4 Å². The van der Waals surface area contributed by atoms with E-state index in [1.165, 1.54) is 6.07 Å². The molecule has 0 radical (unpaired) electrons. The fourth-order valence-corrected chi connectivity index (χ4v) is 4.90. The van der Waals surface area contributed by atoms with E-state index in [1.807, 2.05) is 51.1 Å². The summed E-state index contributed by atoms with van der Waals surface area (Å²) in [5.41, 5.74) is 3.18. The number of nitrogens with zero attached hydrogens (tertiary/aromatic N) is 2. The molecule has 0 aliphatic carbocycles. The number of benzene rings is 3. The van der Waals surface area contributed by atoms with Crippen LogP contribution in [-0.2, 0) is 22.6 Å². The molecule has 6 nitrogen and oxygen atoms in total. The van der Waals surface area contributed by atoms with E-state index >= 15 is 0 Å². The van der Waals surface area contributed by atoms with Crippen molar-refractivity contribution >= 4 is 38.4 Å². The van der Waals surface area contributed by atoms with Crippen LogP contribution in [0.1, 0.15) is 29.2 Å². The first-order valence-corrected chi connectivity index (χ1v) is 12.3. The van der Waals surface area contributed by atoms with E-state index in [2.05, 4.69) is 20.0 Å². The van der Waals surface area contributed by atoms with E-state index in [0.29, 0.717) is 23.1 Å². The van der Waals surface area contributed by atoms with E-state index in [-0.39, 0.29) is 11.6 Å². The van der Waals surface area contributed by atoms with Crippen molar-refractivity contribution in [2.75, 3.05) is 10.0 Å². The van der Waals surface area contributed by atoms with E-state index in [1.54, 1.807) is 6.07 Å². The van der Waals surface area contributed by atoms with E-state index in [0.717, 1.165) is 34.9 Å². The first-order chi connectivity index (χ1) is 16.5. The van der Waals surface area contributed by atoms with Crippen molar-refractivity contribution in [1.82, 2.24) is 9.97 Å². The number of nitrogens with one attached hydrogen (secondary N) is 2. The molecule has 0 fully saturated rings. The molecule has 4 aromatic rings. The Bertz CT molecular complexity index is 1520. The van der Waals surface area contributed by atoms with Gasteiger partial charge in [0.2, 0.25) is 0 Å². The van der Waals surface area contributed by atoms with Gasteiger partial charge in [0.15, 0.2) is 11.6 Å². The maximum absolute atomic E-state index is 13.5. The van der Waals surface area contributed by atoms with Gasteiger partial charge in [-0.15, -0.1) is 0 Å². The lowest BCUT2D eigenvalue weighted by Gasteiger charge is -2.17. The largest absolute Gasteiger partial charge is 0.417 e. The summed E-state index contributed by atoms with van der Waals surface area (Å²) in [4.78, 5) is 8.11. The second-order valence-electron chi connectivity index (χ2n) is 8.08. The highest BCUT2D eigenvalue weighted by Crippen LogP contribution is 2.36. The van der Waals surface area contributed by atoms with Gasteiger partial charge in [-0.05, 0) is 67.3 Å². The highest BCUT2D eigenvalue weighted by molar-refractivity contribution is 7.92. The summed E-state index contributed by atoms with van der Waals surface area (Å²) in [7, 11) is -4.66. The molecule has 4 rings (SSSR count). The fourth-order valence-electron chi connectivity index (χ4n) is 3.67. The van der Waals surface area contributed by atoms with Crippen LogP contribution in [0.3, 0.4) is 0 Å². The zero-order valence-corrected chi connectivity index (χ0v) is 20.1. The third-order valence-electron chi connectivity index (χ3n) is 5.64. The molecule has 35 heavy (non-hydrogen) atoms. The topological polar surface area (TPSA) is 84.0 Å². The van der Waals surface area contributed by atoms with Gasteiger partial charge in [0.1, 0.15) is 0 Å². The smallest absolute Gasteiger partial charge is 0.337 e. The minimum atomic E-state index is -4.85. The molecule has 0 atom stereocenters. The Labute approximate surface area is 201 Å². The normalized spacial score (nSPS) is 12.1. The van der Waals surface area contributed by atoms with Gasteiger partial charge >= 0.3 is 6.18 Å². The standard InChI is InChI=1S/C25H23F3N4O2S/c1-4-17-9-5-7-11-19(17)29-23-24(31-21-14-16(3)15(2)13-20(21)30-23)32-35(33,34)22-12-8-6-10-18(22)25(26,27)28/h5-14H,4H2,1-3H3,(H,29,30)(H,31,32). The third kappa shape index (κ3) is 5.07. The van der Waals surface area contributed by atoms with E-state index < -0.39 is 26.7 Å². The van der Waals surface area contributed by atoms with Crippen LogP contribution in [0.4, 0.5) is 30.5 Å². The number of halogens is 3. The Kier molecular flexibility index (Phi) is 6.42. The molecular formula is C25H23F3N4O2S. The van der Waals surface area contributed by atoms with Gasteiger partial charge < -0.3 is 5.32 Å². The lowest BCUT2D eigenvalue weighted by Crippen LogP contribution is -2.20. The molecule has 0 bridgehead atoms. The molecule has 0 saturated carbocycles. The van der Waals surface area contributed by atoms with Crippen molar-refractivity contribution in [3.05, 3.63) is 82.9 Å². The Morgan fingerprint density at radius 3 is 2.06 bits per heavy atom. The molecule has 182 valence electrons. The number of para-hydroxylation sites is 1. The fraction of sp³-hybridized carbons (Fsp3) is 0.200. The summed E-state index contributed by atoms with van der Waals surface area (Å²) >= 11 is 0. The van der Waals surface area contributed by atoms with Gasteiger partial charge in [0.05, 0.1) is 21.5 Å².